The standard InChI is InChI=1S/C18H17N3O3/c1-20(11-12-24-14-7-3-2-4-8-14)17(22)15-13-19-16-9-5-6-10-21(16)18(15)23/h2-10,13H,11-12H2,1H3. The number of ether oxygens (including phenoxy) is 1. The Balaban J connectivity index is 1.69. The molecule has 0 atom stereocenters. The predicted molar refractivity (Wildman–Crippen MR) is 90.4 cm³/mol. The molecule has 0 aliphatic rings. The van der Waals surface area contributed by atoms with Crippen LogP contribution in [0, 0.1) is 0 Å². The Hall–Kier alpha value is -3.15. The predicted octanol–water partition coefficient (Wildman–Crippen LogP) is 1.85. The minimum Gasteiger partial charge on any atom is -0.492 e. The molecule has 0 aliphatic heterocycles. The zero-order valence-corrected chi connectivity index (χ0v) is 13.3. The number of rotatable bonds is 5. The zero-order chi connectivity index (χ0) is 16.9. The van der Waals surface area contributed by atoms with Crippen molar-refractivity contribution >= 4 is 11.6 Å². The summed E-state index contributed by atoms with van der Waals surface area (Å²) in [7, 11) is 1.63. The first-order valence-electron chi connectivity index (χ1n) is 7.56. The molecule has 0 saturated carbocycles. The van der Waals surface area contributed by atoms with E-state index >= 15 is 0 Å². The van der Waals surface area contributed by atoms with Crippen molar-refractivity contribution in [2.75, 3.05) is 20.2 Å². The molecule has 6 nitrogen and oxygen atoms in total. The molecule has 0 spiro atoms. The average Bonchev–Trinajstić information content (AvgIpc) is 2.62. The second-order valence-electron chi connectivity index (χ2n) is 5.29. The maximum atomic E-state index is 12.5. The largest absolute Gasteiger partial charge is 0.492 e. The molecule has 2 aromatic heterocycles. The fourth-order valence-electron chi connectivity index (χ4n) is 2.30. The van der Waals surface area contributed by atoms with E-state index in [0.29, 0.717) is 18.8 Å². The van der Waals surface area contributed by atoms with Gasteiger partial charge in [0.1, 0.15) is 23.6 Å². The highest BCUT2D eigenvalue weighted by atomic mass is 16.5. The van der Waals surface area contributed by atoms with Gasteiger partial charge in [0.05, 0.1) is 6.54 Å². The quantitative estimate of drug-likeness (QED) is 0.719. The molecule has 2 heterocycles. The molecule has 3 aromatic rings. The maximum Gasteiger partial charge on any atom is 0.270 e. The first-order valence-corrected chi connectivity index (χ1v) is 7.56. The second kappa shape index (κ2) is 6.95. The Kier molecular flexibility index (Phi) is 4.56. The summed E-state index contributed by atoms with van der Waals surface area (Å²) in [6, 6.07) is 14.6. The number of nitrogens with zero attached hydrogens (tertiary/aromatic N) is 3. The Morgan fingerprint density at radius 2 is 1.92 bits per heavy atom. The van der Waals surface area contributed by atoms with Gasteiger partial charge in [0.15, 0.2) is 0 Å². The van der Waals surface area contributed by atoms with Crippen molar-refractivity contribution in [2.24, 2.45) is 0 Å². The Bertz CT molecular complexity index is 906. The number of hydrogen-bond acceptors (Lipinski definition) is 4. The molecule has 3 rings (SSSR count). The van der Waals surface area contributed by atoms with Gasteiger partial charge in [0.25, 0.3) is 11.5 Å². The molecule has 0 N–H and O–H groups in total. The van der Waals surface area contributed by atoms with Crippen LogP contribution in [-0.4, -0.2) is 40.4 Å². The number of fused-ring (bicyclic) bond motifs is 1. The summed E-state index contributed by atoms with van der Waals surface area (Å²) < 4.78 is 6.93. The van der Waals surface area contributed by atoms with Gasteiger partial charge in [-0.3, -0.25) is 14.0 Å². The molecular weight excluding hydrogens is 306 g/mol. The minimum atomic E-state index is -0.374. The van der Waals surface area contributed by atoms with E-state index in [0.717, 1.165) is 5.75 Å². The second-order valence-corrected chi connectivity index (χ2v) is 5.29. The number of carbonyl (C=O) groups excluding carboxylic acids is 1. The van der Waals surface area contributed by atoms with Crippen molar-refractivity contribution in [2.45, 2.75) is 0 Å². The first-order chi connectivity index (χ1) is 11.7. The van der Waals surface area contributed by atoms with Gasteiger partial charge in [0.2, 0.25) is 0 Å². The average molecular weight is 323 g/mol. The van der Waals surface area contributed by atoms with Gasteiger partial charge >= 0.3 is 0 Å². The first kappa shape index (κ1) is 15.7. The van der Waals surface area contributed by atoms with Gasteiger partial charge in [-0.05, 0) is 24.3 Å². The van der Waals surface area contributed by atoms with Crippen LogP contribution < -0.4 is 10.3 Å². The highest BCUT2D eigenvalue weighted by Gasteiger charge is 2.17. The van der Waals surface area contributed by atoms with Crippen LogP contribution in [0.15, 0.2) is 65.7 Å². The number of likely N-dealkylation sites (N-methyl/N-ethyl adjacent to an activating group) is 1. The smallest absolute Gasteiger partial charge is 0.270 e. The summed E-state index contributed by atoms with van der Waals surface area (Å²) in [5, 5.41) is 0. The maximum absolute atomic E-state index is 12.5. The van der Waals surface area contributed by atoms with Crippen molar-refractivity contribution in [3.63, 3.8) is 0 Å². The lowest BCUT2D eigenvalue weighted by Gasteiger charge is -2.17. The molecule has 122 valence electrons. The van der Waals surface area contributed by atoms with Crippen LogP contribution in [-0.2, 0) is 0 Å². The van der Waals surface area contributed by atoms with E-state index < -0.39 is 0 Å². The van der Waals surface area contributed by atoms with Gasteiger partial charge in [0, 0.05) is 19.4 Å². The summed E-state index contributed by atoms with van der Waals surface area (Å²) in [4.78, 5) is 30.5. The third-order valence-corrected chi connectivity index (χ3v) is 3.63. The van der Waals surface area contributed by atoms with Crippen LogP contribution in [0.3, 0.4) is 0 Å². The van der Waals surface area contributed by atoms with Gasteiger partial charge < -0.3 is 9.64 Å². The third kappa shape index (κ3) is 3.27. The van der Waals surface area contributed by atoms with E-state index in [9.17, 15) is 9.59 Å². The number of amides is 1. The zero-order valence-electron chi connectivity index (χ0n) is 13.3. The van der Waals surface area contributed by atoms with Crippen LogP contribution in [0.25, 0.3) is 5.65 Å². The van der Waals surface area contributed by atoms with Crippen molar-refractivity contribution in [3.05, 3.63) is 76.8 Å². The van der Waals surface area contributed by atoms with Crippen LogP contribution in [0.5, 0.6) is 5.75 Å². The summed E-state index contributed by atoms with van der Waals surface area (Å²) in [5.74, 6) is 0.369. The monoisotopic (exact) mass is 323 g/mol. The van der Waals surface area contributed by atoms with Gasteiger partial charge in [-0.1, -0.05) is 24.3 Å². The molecule has 0 unspecified atom stereocenters. The van der Waals surface area contributed by atoms with E-state index in [1.807, 2.05) is 30.3 Å². The normalized spacial score (nSPS) is 10.5. The van der Waals surface area contributed by atoms with Gasteiger partial charge in [-0.2, -0.15) is 0 Å². The van der Waals surface area contributed by atoms with Crippen LogP contribution >= 0.6 is 0 Å². The molecule has 0 bridgehead atoms. The molecular formula is C18H17N3O3. The van der Waals surface area contributed by atoms with E-state index in [1.54, 1.807) is 31.4 Å². The van der Waals surface area contributed by atoms with E-state index in [-0.39, 0.29) is 17.0 Å². The highest BCUT2D eigenvalue weighted by molar-refractivity contribution is 5.93. The third-order valence-electron chi connectivity index (χ3n) is 3.63. The Labute approximate surface area is 138 Å². The fraction of sp³-hybridized carbons (Fsp3) is 0.167. The molecule has 0 aliphatic carbocycles. The minimum absolute atomic E-state index is 0.0425. The Morgan fingerprint density at radius 3 is 2.71 bits per heavy atom. The van der Waals surface area contributed by atoms with E-state index in [4.69, 9.17) is 4.74 Å². The molecule has 24 heavy (non-hydrogen) atoms. The molecule has 0 radical (unpaired) electrons. The number of para-hydroxylation sites is 1. The topological polar surface area (TPSA) is 63.9 Å². The lowest BCUT2D eigenvalue weighted by Crippen LogP contribution is -2.35. The lowest BCUT2D eigenvalue weighted by molar-refractivity contribution is 0.0771. The summed E-state index contributed by atoms with van der Waals surface area (Å²) in [6.07, 6.45) is 2.93. The molecule has 6 heteroatoms. The number of hydrogen-bond donors (Lipinski definition) is 0. The summed E-state index contributed by atoms with van der Waals surface area (Å²) in [6.45, 7) is 0.708. The van der Waals surface area contributed by atoms with Crippen molar-refractivity contribution in [1.82, 2.24) is 14.3 Å². The fourth-order valence-corrected chi connectivity index (χ4v) is 2.30. The number of pyridine rings is 1. The van der Waals surface area contributed by atoms with Gasteiger partial charge in [-0.25, -0.2) is 4.98 Å². The molecule has 1 amide bonds. The van der Waals surface area contributed by atoms with E-state index in [2.05, 4.69) is 4.98 Å². The summed E-state index contributed by atoms with van der Waals surface area (Å²) >= 11 is 0. The van der Waals surface area contributed by atoms with Crippen molar-refractivity contribution in [3.8, 4) is 5.75 Å². The van der Waals surface area contributed by atoms with Crippen molar-refractivity contribution in [1.29, 1.82) is 0 Å². The highest BCUT2D eigenvalue weighted by Crippen LogP contribution is 2.08. The molecule has 0 saturated heterocycles. The Morgan fingerprint density at radius 1 is 1.17 bits per heavy atom. The molecule has 0 fully saturated rings. The SMILES string of the molecule is CN(CCOc1ccccc1)C(=O)c1cnc2ccccn2c1=O. The van der Waals surface area contributed by atoms with Crippen LogP contribution in [0.4, 0.5) is 0 Å². The number of benzene rings is 1. The number of aromatic nitrogens is 2. The van der Waals surface area contributed by atoms with Crippen molar-refractivity contribution < 1.29 is 9.53 Å². The lowest BCUT2D eigenvalue weighted by atomic mass is 10.3. The van der Waals surface area contributed by atoms with Crippen LogP contribution in [0.1, 0.15) is 10.4 Å². The van der Waals surface area contributed by atoms with Gasteiger partial charge in [-0.15, -0.1) is 0 Å². The molecule has 1 aromatic carbocycles. The number of carbonyl (C=O) groups is 1. The summed E-state index contributed by atoms with van der Waals surface area (Å²) in [5.41, 5.74) is 0.177. The van der Waals surface area contributed by atoms with E-state index in [1.165, 1.54) is 15.5 Å². The van der Waals surface area contributed by atoms with Crippen LogP contribution in [0.2, 0.25) is 0 Å².